The largest absolute Gasteiger partial charge is 0.492 e. The fourth-order valence-corrected chi connectivity index (χ4v) is 4.20. The summed E-state index contributed by atoms with van der Waals surface area (Å²) in [6.07, 6.45) is 3.64. The quantitative estimate of drug-likeness (QED) is 0.287. The van der Waals surface area contributed by atoms with E-state index in [0.717, 1.165) is 62.1 Å². The van der Waals surface area contributed by atoms with Gasteiger partial charge in [-0.05, 0) is 43.0 Å². The topological polar surface area (TPSA) is 75.2 Å². The van der Waals surface area contributed by atoms with Gasteiger partial charge in [-0.15, -0.1) is 24.0 Å². The maximum atomic E-state index is 11.4. The van der Waals surface area contributed by atoms with Crippen molar-refractivity contribution < 1.29 is 14.3 Å². The SMILES string of the molecule is CN=C(NCCOc1ccc2c(c1)CCC(=O)N2)N1CCC2(CCOC2)C1.I. The molecule has 3 heterocycles. The zero-order chi connectivity index (χ0) is 18.7. The van der Waals surface area contributed by atoms with Gasteiger partial charge < -0.3 is 25.0 Å². The summed E-state index contributed by atoms with van der Waals surface area (Å²) in [5.74, 6) is 1.86. The average Bonchev–Trinajstić information content (AvgIpc) is 3.32. The number of aryl methyl sites for hydroxylation is 1. The number of nitrogens with one attached hydrogen (secondary N) is 2. The molecule has 3 aliphatic rings. The van der Waals surface area contributed by atoms with Gasteiger partial charge in [-0.3, -0.25) is 9.79 Å². The lowest BCUT2D eigenvalue weighted by molar-refractivity contribution is -0.116. The summed E-state index contributed by atoms with van der Waals surface area (Å²) < 4.78 is 11.5. The third kappa shape index (κ3) is 4.71. The minimum atomic E-state index is 0. The van der Waals surface area contributed by atoms with E-state index in [9.17, 15) is 4.79 Å². The first kappa shape index (κ1) is 21.2. The summed E-state index contributed by atoms with van der Waals surface area (Å²) in [6, 6.07) is 5.85. The molecule has 0 saturated carbocycles. The van der Waals surface area contributed by atoms with Gasteiger partial charge in [0.05, 0.1) is 13.2 Å². The number of guanidine groups is 1. The highest BCUT2D eigenvalue weighted by atomic mass is 127. The second-order valence-electron chi connectivity index (χ2n) is 7.66. The van der Waals surface area contributed by atoms with Gasteiger partial charge in [0.25, 0.3) is 0 Å². The molecule has 2 fully saturated rings. The minimum absolute atomic E-state index is 0. The normalized spacial score (nSPS) is 24.0. The summed E-state index contributed by atoms with van der Waals surface area (Å²) in [6.45, 7) is 5.07. The van der Waals surface area contributed by atoms with Crippen LogP contribution < -0.4 is 15.4 Å². The maximum Gasteiger partial charge on any atom is 0.224 e. The van der Waals surface area contributed by atoms with E-state index < -0.39 is 0 Å². The number of halogens is 1. The van der Waals surface area contributed by atoms with Crippen molar-refractivity contribution in [1.29, 1.82) is 0 Å². The van der Waals surface area contributed by atoms with Crippen LogP contribution in [0.1, 0.15) is 24.8 Å². The number of amides is 1. The van der Waals surface area contributed by atoms with E-state index in [1.165, 1.54) is 6.42 Å². The van der Waals surface area contributed by atoms with Crippen LogP contribution in [0.2, 0.25) is 0 Å². The number of aliphatic imine (C=N–C) groups is 1. The van der Waals surface area contributed by atoms with E-state index in [1.54, 1.807) is 0 Å². The Bertz CT molecular complexity index is 734. The molecule has 0 radical (unpaired) electrons. The van der Waals surface area contributed by atoms with Gasteiger partial charge in [-0.2, -0.15) is 0 Å². The summed E-state index contributed by atoms with van der Waals surface area (Å²) in [4.78, 5) is 18.2. The number of likely N-dealkylation sites (tertiary alicyclic amines) is 1. The third-order valence-corrected chi connectivity index (χ3v) is 5.76. The van der Waals surface area contributed by atoms with Gasteiger partial charge in [-0.25, -0.2) is 0 Å². The number of carbonyl (C=O) groups is 1. The number of anilines is 1. The molecule has 1 amide bonds. The highest BCUT2D eigenvalue weighted by molar-refractivity contribution is 14.0. The Labute approximate surface area is 183 Å². The molecule has 2 saturated heterocycles. The van der Waals surface area contributed by atoms with E-state index in [1.807, 2.05) is 25.2 Å². The molecule has 1 atom stereocenters. The van der Waals surface area contributed by atoms with Crippen molar-refractivity contribution >= 4 is 41.5 Å². The number of nitrogens with zero attached hydrogens (tertiary/aromatic N) is 2. The van der Waals surface area contributed by atoms with Crippen molar-refractivity contribution in [3.63, 3.8) is 0 Å². The van der Waals surface area contributed by atoms with Gasteiger partial charge in [-0.1, -0.05) is 0 Å². The van der Waals surface area contributed by atoms with Crippen molar-refractivity contribution in [2.24, 2.45) is 10.4 Å². The smallest absolute Gasteiger partial charge is 0.224 e. The van der Waals surface area contributed by atoms with Gasteiger partial charge in [0.1, 0.15) is 12.4 Å². The number of hydrogen-bond acceptors (Lipinski definition) is 4. The molecule has 0 aromatic heterocycles. The summed E-state index contributed by atoms with van der Waals surface area (Å²) in [5.41, 5.74) is 2.36. The van der Waals surface area contributed by atoms with Crippen LogP contribution in [0, 0.1) is 5.41 Å². The molecule has 8 heteroatoms. The van der Waals surface area contributed by atoms with E-state index >= 15 is 0 Å². The number of ether oxygens (including phenoxy) is 2. The molecule has 2 N–H and O–H groups in total. The van der Waals surface area contributed by atoms with Crippen molar-refractivity contribution in [2.45, 2.75) is 25.7 Å². The molecule has 1 aromatic rings. The summed E-state index contributed by atoms with van der Waals surface area (Å²) in [5, 5.41) is 6.30. The summed E-state index contributed by atoms with van der Waals surface area (Å²) in [7, 11) is 1.83. The molecule has 3 aliphatic heterocycles. The van der Waals surface area contributed by atoms with E-state index in [-0.39, 0.29) is 29.9 Å². The molecular weight excluding hydrogens is 471 g/mol. The Balaban J connectivity index is 0.00000225. The zero-order valence-electron chi connectivity index (χ0n) is 16.3. The molecule has 0 bridgehead atoms. The summed E-state index contributed by atoms with van der Waals surface area (Å²) >= 11 is 0. The first-order chi connectivity index (χ1) is 13.2. The highest BCUT2D eigenvalue weighted by Gasteiger charge is 2.42. The minimum Gasteiger partial charge on any atom is -0.492 e. The highest BCUT2D eigenvalue weighted by Crippen LogP contribution is 2.38. The lowest BCUT2D eigenvalue weighted by Gasteiger charge is -2.25. The Morgan fingerprint density at radius 1 is 1.39 bits per heavy atom. The van der Waals surface area contributed by atoms with Crippen LogP contribution in [0.25, 0.3) is 0 Å². The lowest BCUT2D eigenvalue weighted by atomic mass is 9.87. The van der Waals surface area contributed by atoms with Crippen LogP contribution >= 0.6 is 24.0 Å². The third-order valence-electron chi connectivity index (χ3n) is 5.76. The predicted molar refractivity (Wildman–Crippen MR) is 120 cm³/mol. The maximum absolute atomic E-state index is 11.4. The van der Waals surface area contributed by atoms with Gasteiger partial charge >= 0.3 is 0 Å². The standard InChI is InChI=1S/C20H28N4O3.HI/c1-21-19(24-9-6-20(13-24)7-10-26-14-20)22-8-11-27-16-3-4-17-15(12-16)2-5-18(25)23-17;/h3-4,12H,2,5-11,13-14H2,1H3,(H,21,22)(H,23,25);1H. The van der Waals surface area contributed by atoms with Crippen LogP contribution in [0.3, 0.4) is 0 Å². The fourth-order valence-electron chi connectivity index (χ4n) is 4.20. The fraction of sp³-hybridized carbons (Fsp3) is 0.600. The second kappa shape index (κ2) is 9.30. The molecular formula is C20H29IN4O3. The van der Waals surface area contributed by atoms with Gasteiger partial charge in [0, 0.05) is 44.3 Å². The average molecular weight is 500 g/mol. The number of carbonyl (C=O) groups excluding carboxylic acids is 1. The molecule has 7 nitrogen and oxygen atoms in total. The second-order valence-corrected chi connectivity index (χ2v) is 7.66. The molecule has 0 aliphatic carbocycles. The van der Waals surface area contributed by atoms with Crippen molar-refractivity contribution in [2.75, 3.05) is 51.8 Å². The first-order valence-electron chi connectivity index (χ1n) is 9.76. The Morgan fingerprint density at radius 2 is 2.29 bits per heavy atom. The van der Waals surface area contributed by atoms with Crippen LogP contribution in [0.5, 0.6) is 5.75 Å². The van der Waals surface area contributed by atoms with Gasteiger partial charge in [0.15, 0.2) is 5.96 Å². The van der Waals surface area contributed by atoms with E-state index in [0.29, 0.717) is 25.0 Å². The molecule has 1 aromatic carbocycles. The number of rotatable bonds is 4. The number of benzene rings is 1. The van der Waals surface area contributed by atoms with Crippen LogP contribution in [0.4, 0.5) is 5.69 Å². The van der Waals surface area contributed by atoms with Crippen molar-refractivity contribution in [3.05, 3.63) is 23.8 Å². The Morgan fingerprint density at radius 3 is 3.07 bits per heavy atom. The molecule has 1 unspecified atom stereocenters. The Hall–Kier alpha value is -1.55. The van der Waals surface area contributed by atoms with E-state index in [4.69, 9.17) is 9.47 Å². The van der Waals surface area contributed by atoms with Gasteiger partial charge in [0.2, 0.25) is 5.91 Å². The van der Waals surface area contributed by atoms with Crippen LogP contribution in [0.15, 0.2) is 23.2 Å². The van der Waals surface area contributed by atoms with Crippen LogP contribution in [-0.4, -0.2) is 63.3 Å². The molecule has 154 valence electrons. The molecule has 28 heavy (non-hydrogen) atoms. The van der Waals surface area contributed by atoms with Crippen molar-refractivity contribution in [1.82, 2.24) is 10.2 Å². The van der Waals surface area contributed by atoms with E-state index in [2.05, 4.69) is 20.5 Å². The monoisotopic (exact) mass is 500 g/mol. The van der Waals surface area contributed by atoms with Crippen LogP contribution in [-0.2, 0) is 16.0 Å². The number of fused-ring (bicyclic) bond motifs is 1. The van der Waals surface area contributed by atoms with Crippen molar-refractivity contribution in [3.8, 4) is 5.75 Å². The lowest BCUT2D eigenvalue weighted by Crippen LogP contribution is -2.42. The predicted octanol–water partition coefficient (Wildman–Crippen LogP) is 2.26. The number of hydrogen-bond donors (Lipinski definition) is 2. The molecule has 1 spiro atoms. The zero-order valence-corrected chi connectivity index (χ0v) is 18.7. The Kier molecular flexibility index (Phi) is 7.03. The first-order valence-corrected chi connectivity index (χ1v) is 9.76. The molecule has 4 rings (SSSR count).